The summed E-state index contributed by atoms with van der Waals surface area (Å²) in [6.07, 6.45) is 0. The van der Waals surface area contributed by atoms with Crippen LogP contribution in [0.1, 0.15) is 16.2 Å². The topological polar surface area (TPSA) is 90.0 Å². The van der Waals surface area contributed by atoms with Crippen molar-refractivity contribution >= 4 is 5.97 Å². The van der Waals surface area contributed by atoms with Gasteiger partial charge in [0.1, 0.15) is 19.0 Å². The zero-order chi connectivity index (χ0) is 21.5. The third-order valence-corrected chi connectivity index (χ3v) is 4.39. The van der Waals surface area contributed by atoms with Crippen LogP contribution >= 0.6 is 0 Å². The van der Waals surface area contributed by atoms with Crippen molar-refractivity contribution < 1.29 is 14.3 Å². The van der Waals surface area contributed by atoms with Crippen LogP contribution in [0.4, 0.5) is 0 Å². The SMILES string of the molecule is N#Cc1ccc(OCCOC(=O)c2nc(-c3ccccc3)n(-c3ccccc3)n2)cc1. The van der Waals surface area contributed by atoms with Crippen LogP contribution in [0, 0.1) is 11.3 Å². The summed E-state index contributed by atoms with van der Waals surface area (Å²) in [5, 5.41) is 13.2. The van der Waals surface area contributed by atoms with Crippen molar-refractivity contribution in [3.8, 4) is 28.9 Å². The largest absolute Gasteiger partial charge is 0.490 e. The minimum absolute atomic E-state index is 0.0268. The van der Waals surface area contributed by atoms with Gasteiger partial charge in [0.15, 0.2) is 5.82 Å². The Kier molecular flexibility index (Phi) is 6.00. The van der Waals surface area contributed by atoms with Gasteiger partial charge in [-0.25, -0.2) is 14.5 Å². The van der Waals surface area contributed by atoms with E-state index in [0.29, 0.717) is 17.1 Å². The molecule has 0 atom stereocenters. The number of carbonyl (C=O) groups excluding carboxylic acids is 1. The molecule has 0 saturated heterocycles. The molecule has 7 heteroatoms. The summed E-state index contributed by atoms with van der Waals surface area (Å²) in [7, 11) is 0. The number of hydrogen-bond donors (Lipinski definition) is 0. The van der Waals surface area contributed by atoms with E-state index in [1.165, 1.54) is 0 Å². The van der Waals surface area contributed by atoms with Crippen molar-refractivity contribution in [3.05, 3.63) is 96.3 Å². The number of benzene rings is 3. The summed E-state index contributed by atoms with van der Waals surface area (Å²) in [4.78, 5) is 16.9. The van der Waals surface area contributed by atoms with Crippen molar-refractivity contribution in [3.63, 3.8) is 0 Å². The molecule has 0 aliphatic heterocycles. The molecule has 1 aromatic heterocycles. The number of para-hydroxylation sites is 1. The molecule has 7 nitrogen and oxygen atoms in total. The van der Waals surface area contributed by atoms with E-state index in [9.17, 15) is 4.79 Å². The minimum Gasteiger partial charge on any atom is -0.490 e. The third-order valence-electron chi connectivity index (χ3n) is 4.39. The molecule has 0 spiro atoms. The molecule has 0 radical (unpaired) electrons. The Bertz CT molecular complexity index is 1140. The van der Waals surface area contributed by atoms with Gasteiger partial charge in [-0.05, 0) is 36.4 Å². The first-order valence-electron chi connectivity index (χ1n) is 9.62. The van der Waals surface area contributed by atoms with Crippen LogP contribution in [0.2, 0.25) is 0 Å². The van der Waals surface area contributed by atoms with Crippen LogP contribution in [-0.4, -0.2) is 33.9 Å². The number of hydrogen-bond acceptors (Lipinski definition) is 6. The van der Waals surface area contributed by atoms with Crippen molar-refractivity contribution in [2.24, 2.45) is 0 Å². The van der Waals surface area contributed by atoms with Crippen LogP contribution in [0.3, 0.4) is 0 Å². The first kappa shape index (κ1) is 19.9. The van der Waals surface area contributed by atoms with Gasteiger partial charge in [-0.2, -0.15) is 5.26 Å². The minimum atomic E-state index is -0.629. The lowest BCUT2D eigenvalue weighted by molar-refractivity contribution is 0.0436. The van der Waals surface area contributed by atoms with Crippen LogP contribution in [-0.2, 0) is 4.74 Å². The standard InChI is InChI=1S/C24H18N4O3/c25-17-18-11-13-21(14-12-18)30-15-16-31-24(29)22-26-23(19-7-3-1-4-8-19)28(27-22)20-9-5-2-6-10-20/h1-14H,15-16H2. The zero-order valence-corrected chi connectivity index (χ0v) is 16.5. The Morgan fingerprint density at radius 3 is 2.26 bits per heavy atom. The molecule has 0 aliphatic rings. The van der Waals surface area contributed by atoms with Gasteiger partial charge in [0, 0.05) is 5.56 Å². The molecule has 0 aliphatic carbocycles. The average molecular weight is 410 g/mol. The molecular weight excluding hydrogens is 392 g/mol. The van der Waals surface area contributed by atoms with E-state index < -0.39 is 5.97 Å². The van der Waals surface area contributed by atoms with E-state index in [2.05, 4.69) is 10.1 Å². The van der Waals surface area contributed by atoms with Crippen molar-refractivity contribution in [1.29, 1.82) is 5.26 Å². The summed E-state index contributed by atoms with van der Waals surface area (Å²) in [5.74, 6) is 0.483. The number of carbonyl (C=O) groups is 1. The average Bonchev–Trinajstić information content (AvgIpc) is 3.29. The quantitative estimate of drug-likeness (QED) is 0.337. The Morgan fingerprint density at radius 1 is 0.903 bits per heavy atom. The Labute approximate surface area is 179 Å². The van der Waals surface area contributed by atoms with Gasteiger partial charge >= 0.3 is 5.97 Å². The van der Waals surface area contributed by atoms with Gasteiger partial charge in [0.25, 0.3) is 5.82 Å². The summed E-state index contributed by atoms with van der Waals surface area (Å²) < 4.78 is 12.4. The lowest BCUT2D eigenvalue weighted by atomic mass is 10.2. The number of nitrogens with zero attached hydrogens (tertiary/aromatic N) is 4. The van der Waals surface area contributed by atoms with Crippen LogP contribution in [0.15, 0.2) is 84.9 Å². The highest BCUT2D eigenvalue weighted by Gasteiger charge is 2.19. The predicted octanol–water partition coefficient (Wildman–Crippen LogP) is 4.04. The molecule has 0 N–H and O–H groups in total. The zero-order valence-electron chi connectivity index (χ0n) is 16.5. The van der Waals surface area contributed by atoms with E-state index in [4.69, 9.17) is 14.7 Å². The van der Waals surface area contributed by atoms with Crippen molar-refractivity contribution in [1.82, 2.24) is 14.8 Å². The predicted molar refractivity (Wildman–Crippen MR) is 114 cm³/mol. The second-order valence-corrected chi connectivity index (χ2v) is 6.49. The van der Waals surface area contributed by atoms with Gasteiger partial charge in [-0.15, -0.1) is 5.10 Å². The van der Waals surface area contributed by atoms with Crippen LogP contribution < -0.4 is 4.74 Å². The Balaban J connectivity index is 1.45. The van der Waals surface area contributed by atoms with E-state index in [1.807, 2.05) is 66.7 Å². The smallest absolute Gasteiger partial charge is 0.378 e. The van der Waals surface area contributed by atoms with E-state index >= 15 is 0 Å². The fourth-order valence-corrected chi connectivity index (χ4v) is 2.91. The van der Waals surface area contributed by atoms with Crippen LogP contribution in [0.5, 0.6) is 5.75 Å². The maximum absolute atomic E-state index is 12.5. The second-order valence-electron chi connectivity index (χ2n) is 6.49. The molecule has 1 heterocycles. The Morgan fingerprint density at radius 2 is 1.58 bits per heavy atom. The number of esters is 1. The summed E-state index contributed by atoms with van der Waals surface area (Å²) in [6.45, 7) is 0.210. The number of nitriles is 1. The lowest BCUT2D eigenvalue weighted by Gasteiger charge is -2.06. The van der Waals surface area contributed by atoms with Crippen molar-refractivity contribution in [2.75, 3.05) is 13.2 Å². The van der Waals surface area contributed by atoms with Gasteiger partial charge in [-0.1, -0.05) is 48.5 Å². The molecule has 3 aromatic carbocycles. The molecule has 4 aromatic rings. The first-order valence-corrected chi connectivity index (χ1v) is 9.62. The van der Waals surface area contributed by atoms with Crippen molar-refractivity contribution in [2.45, 2.75) is 0 Å². The summed E-state index contributed by atoms with van der Waals surface area (Å²) >= 11 is 0. The molecule has 0 saturated carbocycles. The molecule has 4 rings (SSSR count). The fraction of sp³-hybridized carbons (Fsp3) is 0.0833. The summed E-state index contributed by atoms with van der Waals surface area (Å²) in [5.41, 5.74) is 2.17. The highest BCUT2D eigenvalue weighted by molar-refractivity contribution is 5.86. The van der Waals surface area contributed by atoms with Crippen LogP contribution in [0.25, 0.3) is 17.1 Å². The number of ether oxygens (including phenoxy) is 2. The third kappa shape index (κ3) is 4.77. The van der Waals surface area contributed by atoms with Gasteiger partial charge in [0.2, 0.25) is 0 Å². The molecule has 152 valence electrons. The maximum atomic E-state index is 12.5. The highest BCUT2D eigenvalue weighted by atomic mass is 16.6. The maximum Gasteiger partial charge on any atom is 0.378 e. The molecule has 0 bridgehead atoms. The molecule has 0 fully saturated rings. The summed E-state index contributed by atoms with van der Waals surface area (Å²) in [6, 6.07) is 27.7. The van der Waals surface area contributed by atoms with Gasteiger partial charge in [-0.3, -0.25) is 0 Å². The monoisotopic (exact) mass is 410 g/mol. The second kappa shape index (κ2) is 9.37. The van der Waals surface area contributed by atoms with Gasteiger partial charge < -0.3 is 9.47 Å². The lowest BCUT2D eigenvalue weighted by Crippen LogP contribution is -2.14. The number of rotatable bonds is 7. The highest BCUT2D eigenvalue weighted by Crippen LogP contribution is 2.21. The van der Waals surface area contributed by atoms with Gasteiger partial charge in [0.05, 0.1) is 17.3 Å². The Hall–Kier alpha value is -4.44. The molecule has 0 amide bonds. The van der Waals surface area contributed by atoms with E-state index in [0.717, 1.165) is 11.3 Å². The van der Waals surface area contributed by atoms with E-state index in [1.54, 1.807) is 28.9 Å². The van der Waals surface area contributed by atoms with E-state index in [-0.39, 0.29) is 19.0 Å². The first-order chi connectivity index (χ1) is 15.2. The molecule has 0 unspecified atom stereocenters. The molecule has 31 heavy (non-hydrogen) atoms. The number of aromatic nitrogens is 3. The normalized spacial score (nSPS) is 10.3. The molecular formula is C24H18N4O3. The fourth-order valence-electron chi connectivity index (χ4n) is 2.91.